The van der Waals surface area contributed by atoms with Crippen molar-refractivity contribution in [3.63, 3.8) is 0 Å². The third kappa shape index (κ3) is 2.16. The molecule has 2 fully saturated rings. The van der Waals surface area contributed by atoms with Crippen LogP contribution in [0.5, 0.6) is 0 Å². The molecule has 0 radical (unpaired) electrons. The second kappa shape index (κ2) is 4.29. The summed E-state index contributed by atoms with van der Waals surface area (Å²) >= 11 is 0. The Bertz CT molecular complexity index is 337. The summed E-state index contributed by atoms with van der Waals surface area (Å²) in [7, 11) is 0. The van der Waals surface area contributed by atoms with Gasteiger partial charge in [0, 0.05) is 13.1 Å². The fourth-order valence-electron chi connectivity index (χ4n) is 2.53. The molecule has 3 N–H and O–H groups in total. The summed E-state index contributed by atoms with van der Waals surface area (Å²) in [5, 5.41) is 2.79. The second-order valence-corrected chi connectivity index (χ2v) is 5.27. The van der Waals surface area contributed by atoms with E-state index in [0.29, 0.717) is 19.5 Å². The molecule has 5 nitrogen and oxygen atoms in total. The Hall–Kier alpha value is -1.10. The molecular weight excluding hydrogens is 218 g/mol. The number of nitrogens with zero attached hydrogens (tertiary/aromatic N) is 1. The van der Waals surface area contributed by atoms with Crippen LogP contribution in [-0.4, -0.2) is 41.4 Å². The molecule has 0 aromatic heterocycles. The first-order chi connectivity index (χ1) is 7.98. The predicted molar refractivity (Wildman–Crippen MR) is 64.1 cm³/mol. The van der Waals surface area contributed by atoms with Crippen LogP contribution in [-0.2, 0) is 9.59 Å². The smallest absolute Gasteiger partial charge is 0.243 e. The minimum absolute atomic E-state index is 0.0568. The highest BCUT2D eigenvalue weighted by Gasteiger charge is 2.48. The normalized spacial score (nSPS) is 28.5. The quantitative estimate of drug-likeness (QED) is 0.719. The van der Waals surface area contributed by atoms with E-state index in [9.17, 15) is 9.59 Å². The van der Waals surface area contributed by atoms with Crippen LogP contribution in [0.25, 0.3) is 0 Å². The number of amides is 2. The van der Waals surface area contributed by atoms with Crippen LogP contribution >= 0.6 is 0 Å². The van der Waals surface area contributed by atoms with Crippen molar-refractivity contribution in [1.82, 2.24) is 10.2 Å². The molecule has 2 unspecified atom stereocenters. The first-order valence-electron chi connectivity index (χ1n) is 6.36. The summed E-state index contributed by atoms with van der Waals surface area (Å²) in [6.07, 6.45) is 2.68. The number of piperazine rings is 1. The van der Waals surface area contributed by atoms with Gasteiger partial charge in [0.15, 0.2) is 0 Å². The van der Waals surface area contributed by atoms with Crippen LogP contribution in [0.4, 0.5) is 0 Å². The van der Waals surface area contributed by atoms with Gasteiger partial charge in [-0.15, -0.1) is 0 Å². The number of rotatable bonds is 3. The van der Waals surface area contributed by atoms with Crippen LogP contribution in [0, 0.1) is 5.92 Å². The van der Waals surface area contributed by atoms with Crippen LogP contribution in [0.15, 0.2) is 0 Å². The molecule has 17 heavy (non-hydrogen) atoms. The molecule has 2 amide bonds. The largest absolute Gasteiger partial charge is 0.353 e. The highest BCUT2D eigenvalue weighted by molar-refractivity contribution is 5.93. The number of carbonyl (C=O) groups excluding carboxylic acids is 2. The molecule has 0 aromatic carbocycles. The Morgan fingerprint density at radius 1 is 1.59 bits per heavy atom. The highest BCUT2D eigenvalue weighted by Crippen LogP contribution is 2.39. The predicted octanol–water partition coefficient (Wildman–Crippen LogP) is -0.149. The Balaban J connectivity index is 2.14. The number of nitrogens with two attached hydrogens (primary N) is 1. The molecule has 2 atom stereocenters. The standard InChI is InChI=1S/C12H21N3O2/c1-3-9-10(16)14-6-7-15(9)11(17)12(2,13)8-4-5-8/h8-9H,3-7,13H2,1-2H3,(H,14,16). The van der Waals surface area contributed by atoms with Gasteiger partial charge < -0.3 is 16.0 Å². The summed E-state index contributed by atoms with van der Waals surface area (Å²) in [5.74, 6) is 0.165. The molecule has 1 aliphatic heterocycles. The minimum atomic E-state index is -0.801. The zero-order valence-corrected chi connectivity index (χ0v) is 10.5. The molecule has 0 aromatic rings. The lowest BCUT2D eigenvalue weighted by Crippen LogP contribution is -2.64. The lowest BCUT2D eigenvalue weighted by atomic mass is 9.93. The molecule has 2 aliphatic rings. The van der Waals surface area contributed by atoms with E-state index in [0.717, 1.165) is 12.8 Å². The first-order valence-corrected chi connectivity index (χ1v) is 6.36. The SMILES string of the molecule is CCC1C(=O)NCCN1C(=O)C(C)(N)C1CC1. The van der Waals surface area contributed by atoms with Crippen LogP contribution in [0.2, 0.25) is 0 Å². The molecule has 1 aliphatic carbocycles. The number of hydrogen-bond acceptors (Lipinski definition) is 3. The lowest BCUT2D eigenvalue weighted by Gasteiger charge is -2.39. The van der Waals surface area contributed by atoms with E-state index in [-0.39, 0.29) is 23.8 Å². The van der Waals surface area contributed by atoms with Gasteiger partial charge in [0.25, 0.3) is 0 Å². The average molecular weight is 239 g/mol. The summed E-state index contributed by atoms with van der Waals surface area (Å²) in [4.78, 5) is 25.8. The fraction of sp³-hybridized carbons (Fsp3) is 0.833. The highest BCUT2D eigenvalue weighted by atomic mass is 16.2. The van der Waals surface area contributed by atoms with Gasteiger partial charge >= 0.3 is 0 Å². The third-order valence-corrected chi connectivity index (χ3v) is 3.86. The maximum atomic E-state index is 12.4. The molecule has 1 heterocycles. The first kappa shape index (κ1) is 12.4. The Morgan fingerprint density at radius 3 is 2.76 bits per heavy atom. The second-order valence-electron chi connectivity index (χ2n) is 5.27. The maximum Gasteiger partial charge on any atom is 0.243 e. The van der Waals surface area contributed by atoms with Gasteiger partial charge in [-0.2, -0.15) is 0 Å². The molecule has 0 bridgehead atoms. The molecular formula is C12H21N3O2. The number of nitrogens with one attached hydrogen (secondary N) is 1. The minimum Gasteiger partial charge on any atom is -0.353 e. The lowest BCUT2D eigenvalue weighted by molar-refractivity contribution is -0.147. The maximum absolute atomic E-state index is 12.4. The van der Waals surface area contributed by atoms with Crippen molar-refractivity contribution in [1.29, 1.82) is 0 Å². The Morgan fingerprint density at radius 2 is 2.24 bits per heavy atom. The monoisotopic (exact) mass is 239 g/mol. The van der Waals surface area contributed by atoms with Gasteiger partial charge in [-0.25, -0.2) is 0 Å². The van der Waals surface area contributed by atoms with E-state index >= 15 is 0 Å². The zero-order chi connectivity index (χ0) is 12.6. The number of hydrogen-bond donors (Lipinski definition) is 2. The van der Waals surface area contributed by atoms with E-state index in [1.165, 1.54) is 0 Å². The molecule has 1 saturated heterocycles. The summed E-state index contributed by atoms with van der Waals surface area (Å²) in [5.41, 5.74) is 5.34. The van der Waals surface area contributed by atoms with Gasteiger partial charge in [0.1, 0.15) is 6.04 Å². The summed E-state index contributed by atoms with van der Waals surface area (Å²) in [6, 6.07) is -0.349. The Kier molecular flexibility index (Phi) is 3.12. The van der Waals surface area contributed by atoms with Gasteiger partial charge in [0.2, 0.25) is 11.8 Å². The van der Waals surface area contributed by atoms with Gasteiger partial charge in [-0.05, 0) is 32.1 Å². The van der Waals surface area contributed by atoms with E-state index < -0.39 is 5.54 Å². The zero-order valence-electron chi connectivity index (χ0n) is 10.5. The van der Waals surface area contributed by atoms with Gasteiger partial charge in [0.05, 0.1) is 5.54 Å². The van der Waals surface area contributed by atoms with Crippen molar-refractivity contribution in [3.05, 3.63) is 0 Å². The van der Waals surface area contributed by atoms with Crippen molar-refractivity contribution in [2.45, 2.75) is 44.7 Å². The number of carbonyl (C=O) groups is 2. The van der Waals surface area contributed by atoms with Crippen molar-refractivity contribution >= 4 is 11.8 Å². The molecule has 2 rings (SSSR count). The van der Waals surface area contributed by atoms with E-state index in [2.05, 4.69) is 5.32 Å². The summed E-state index contributed by atoms with van der Waals surface area (Å²) in [6.45, 7) is 4.82. The molecule has 5 heteroatoms. The molecule has 96 valence electrons. The summed E-state index contributed by atoms with van der Waals surface area (Å²) < 4.78 is 0. The average Bonchev–Trinajstić information content (AvgIpc) is 3.11. The van der Waals surface area contributed by atoms with Gasteiger partial charge in [-0.1, -0.05) is 6.92 Å². The topological polar surface area (TPSA) is 75.4 Å². The van der Waals surface area contributed by atoms with E-state index in [1.807, 2.05) is 6.92 Å². The van der Waals surface area contributed by atoms with Gasteiger partial charge in [-0.3, -0.25) is 9.59 Å². The van der Waals surface area contributed by atoms with Crippen molar-refractivity contribution in [2.75, 3.05) is 13.1 Å². The van der Waals surface area contributed by atoms with E-state index in [1.54, 1.807) is 11.8 Å². The van der Waals surface area contributed by atoms with Crippen LogP contribution < -0.4 is 11.1 Å². The Labute approximate surface area is 102 Å². The fourth-order valence-corrected chi connectivity index (χ4v) is 2.53. The van der Waals surface area contributed by atoms with Crippen LogP contribution in [0.1, 0.15) is 33.1 Å². The van der Waals surface area contributed by atoms with Crippen LogP contribution in [0.3, 0.4) is 0 Å². The molecule has 1 saturated carbocycles. The third-order valence-electron chi connectivity index (χ3n) is 3.86. The van der Waals surface area contributed by atoms with Crippen molar-refractivity contribution < 1.29 is 9.59 Å². The van der Waals surface area contributed by atoms with E-state index in [4.69, 9.17) is 5.73 Å². The van der Waals surface area contributed by atoms with Crippen molar-refractivity contribution in [2.24, 2.45) is 11.7 Å². The van der Waals surface area contributed by atoms with Crippen molar-refractivity contribution in [3.8, 4) is 0 Å². The molecule has 0 spiro atoms.